The predicted octanol–water partition coefficient (Wildman–Crippen LogP) is 2.42. The maximum atomic E-state index is 5.42. The van der Waals surface area contributed by atoms with Crippen LogP contribution >= 0.6 is 0 Å². The number of hydrogen-bond acceptors (Lipinski definition) is 2. The third kappa shape index (κ3) is 1.54. The first kappa shape index (κ1) is 8.57. The highest BCUT2D eigenvalue weighted by Gasteiger charge is 2.14. The Morgan fingerprint density at radius 2 is 2.23 bits per heavy atom. The Morgan fingerprint density at radius 3 is 3.00 bits per heavy atom. The van der Waals surface area contributed by atoms with Gasteiger partial charge in [0.05, 0.1) is 6.61 Å². The molecule has 1 aromatic rings. The molecule has 0 atom stereocenters. The molecule has 2 nitrogen and oxygen atoms in total. The third-order valence-corrected chi connectivity index (χ3v) is 2.37. The Morgan fingerprint density at radius 1 is 1.38 bits per heavy atom. The highest BCUT2D eigenvalue weighted by molar-refractivity contribution is 5.43. The second-order valence-corrected chi connectivity index (χ2v) is 3.36. The minimum Gasteiger partial charge on any atom is -0.467 e. The van der Waals surface area contributed by atoms with Gasteiger partial charge < -0.3 is 9.47 Å². The van der Waals surface area contributed by atoms with E-state index < -0.39 is 0 Å². The van der Waals surface area contributed by atoms with Crippen LogP contribution in [-0.2, 0) is 17.8 Å². The van der Waals surface area contributed by atoms with Gasteiger partial charge in [-0.2, -0.15) is 0 Å². The van der Waals surface area contributed by atoms with Crippen molar-refractivity contribution in [1.82, 2.24) is 0 Å². The topological polar surface area (TPSA) is 18.5 Å². The van der Waals surface area contributed by atoms with E-state index in [4.69, 9.17) is 9.47 Å². The van der Waals surface area contributed by atoms with Crippen molar-refractivity contribution in [2.24, 2.45) is 0 Å². The zero-order chi connectivity index (χ0) is 9.26. The van der Waals surface area contributed by atoms with E-state index in [1.807, 2.05) is 0 Å². The molecular weight excluding hydrogens is 164 g/mol. The molecule has 0 unspecified atom stereocenters. The Bertz CT molecular complexity index is 301. The van der Waals surface area contributed by atoms with E-state index >= 15 is 0 Å². The lowest BCUT2D eigenvalue weighted by atomic mass is 10.0. The van der Waals surface area contributed by atoms with Gasteiger partial charge in [0.25, 0.3) is 0 Å². The highest BCUT2D eigenvalue weighted by Crippen LogP contribution is 2.28. The Kier molecular flexibility index (Phi) is 2.23. The molecule has 1 aliphatic heterocycles. The lowest BCUT2D eigenvalue weighted by molar-refractivity contribution is -0.0168. The summed E-state index contributed by atoms with van der Waals surface area (Å²) in [6.07, 6.45) is 1.04. The van der Waals surface area contributed by atoms with Gasteiger partial charge >= 0.3 is 0 Å². The molecule has 0 amide bonds. The first-order chi connectivity index (χ1) is 6.31. The molecule has 13 heavy (non-hydrogen) atoms. The monoisotopic (exact) mass is 178 g/mol. The van der Waals surface area contributed by atoms with Gasteiger partial charge in [0.15, 0.2) is 6.79 Å². The predicted molar refractivity (Wildman–Crippen MR) is 50.8 cm³/mol. The molecule has 0 aromatic heterocycles. The molecule has 2 heteroatoms. The van der Waals surface area contributed by atoms with E-state index in [9.17, 15) is 0 Å². The van der Waals surface area contributed by atoms with Crippen LogP contribution in [0, 0.1) is 6.92 Å². The fraction of sp³-hybridized carbons (Fsp3) is 0.455. The molecule has 0 saturated heterocycles. The molecule has 70 valence electrons. The van der Waals surface area contributed by atoms with Crippen LogP contribution in [-0.4, -0.2) is 6.79 Å². The third-order valence-electron chi connectivity index (χ3n) is 2.37. The molecule has 0 fully saturated rings. The van der Waals surface area contributed by atoms with Crippen LogP contribution in [0.15, 0.2) is 12.1 Å². The van der Waals surface area contributed by atoms with Crippen molar-refractivity contribution < 1.29 is 9.47 Å². The molecule has 1 heterocycles. The number of benzene rings is 1. The Hall–Kier alpha value is -1.02. The first-order valence-corrected chi connectivity index (χ1v) is 4.64. The summed E-state index contributed by atoms with van der Waals surface area (Å²) in [5.41, 5.74) is 3.83. The normalized spacial score (nSPS) is 14.9. The van der Waals surface area contributed by atoms with Crippen molar-refractivity contribution in [2.75, 3.05) is 6.79 Å². The van der Waals surface area contributed by atoms with Gasteiger partial charge in [-0.3, -0.25) is 0 Å². The molecule has 0 aliphatic carbocycles. The summed E-state index contributed by atoms with van der Waals surface area (Å²) in [5.74, 6) is 1.00. The molecule has 1 aromatic carbocycles. The standard InChI is InChI=1S/C11H14O2/c1-3-9-4-8(2)5-11-10(9)6-12-7-13-11/h4-5H,3,6-7H2,1-2H3. The smallest absolute Gasteiger partial charge is 0.189 e. The lowest BCUT2D eigenvalue weighted by Gasteiger charge is -2.20. The van der Waals surface area contributed by atoms with Crippen LogP contribution in [0.5, 0.6) is 5.75 Å². The van der Waals surface area contributed by atoms with Gasteiger partial charge in [-0.25, -0.2) is 0 Å². The summed E-state index contributed by atoms with van der Waals surface area (Å²) < 4.78 is 10.7. The fourth-order valence-corrected chi connectivity index (χ4v) is 1.71. The number of rotatable bonds is 1. The number of ether oxygens (including phenoxy) is 2. The molecule has 0 spiro atoms. The fourth-order valence-electron chi connectivity index (χ4n) is 1.71. The average molecular weight is 178 g/mol. The van der Waals surface area contributed by atoms with Crippen molar-refractivity contribution in [1.29, 1.82) is 0 Å². The maximum Gasteiger partial charge on any atom is 0.189 e. The van der Waals surface area contributed by atoms with Gasteiger partial charge in [0.1, 0.15) is 5.75 Å². The van der Waals surface area contributed by atoms with Crippen molar-refractivity contribution in [3.05, 3.63) is 28.8 Å². The van der Waals surface area contributed by atoms with Crippen LogP contribution in [0.3, 0.4) is 0 Å². The van der Waals surface area contributed by atoms with Gasteiger partial charge in [0.2, 0.25) is 0 Å². The zero-order valence-corrected chi connectivity index (χ0v) is 8.09. The summed E-state index contributed by atoms with van der Waals surface area (Å²) in [5, 5.41) is 0. The summed E-state index contributed by atoms with van der Waals surface area (Å²) >= 11 is 0. The van der Waals surface area contributed by atoms with E-state index in [1.54, 1.807) is 0 Å². The van der Waals surface area contributed by atoms with E-state index in [0.29, 0.717) is 13.4 Å². The summed E-state index contributed by atoms with van der Waals surface area (Å²) in [6, 6.07) is 4.29. The number of aryl methyl sites for hydroxylation is 2. The van der Waals surface area contributed by atoms with Crippen molar-refractivity contribution in [3.63, 3.8) is 0 Å². The van der Waals surface area contributed by atoms with Crippen LogP contribution < -0.4 is 4.74 Å². The summed E-state index contributed by atoms with van der Waals surface area (Å²) in [7, 11) is 0. The molecule has 0 radical (unpaired) electrons. The van der Waals surface area contributed by atoms with Gasteiger partial charge in [0, 0.05) is 5.56 Å². The summed E-state index contributed by atoms with van der Waals surface area (Å²) in [4.78, 5) is 0. The maximum absolute atomic E-state index is 5.42. The van der Waals surface area contributed by atoms with E-state index in [0.717, 1.165) is 12.2 Å². The van der Waals surface area contributed by atoms with Crippen LogP contribution in [0.1, 0.15) is 23.6 Å². The molecular formula is C11H14O2. The van der Waals surface area contributed by atoms with Crippen molar-refractivity contribution >= 4 is 0 Å². The number of hydrogen-bond donors (Lipinski definition) is 0. The van der Waals surface area contributed by atoms with Crippen molar-refractivity contribution in [3.8, 4) is 5.75 Å². The largest absolute Gasteiger partial charge is 0.467 e. The van der Waals surface area contributed by atoms with Crippen LogP contribution in [0.2, 0.25) is 0 Å². The van der Waals surface area contributed by atoms with E-state index in [-0.39, 0.29) is 0 Å². The second kappa shape index (κ2) is 3.38. The second-order valence-electron chi connectivity index (χ2n) is 3.36. The Balaban J connectivity index is 2.50. The SMILES string of the molecule is CCc1cc(C)cc2c1COCO2. The molecule has 0 N–H and O–H groups in total. The van der Waals surface area contributed by atoms with E-state index in [2.05, 4.69) is 26.0 Å². The average Bonchev–Trinajstić information content (AvgIpc) is 2.16. The zero-order valence-electron chi connectivity index (χ0n) is 8.09. The highest BCUT2D eigenvalue weighted by atomic mass is 16.7. The minimum atomic E-state index is 0.388. The van der Waals surface area contributed by atoms with Gasteiger partial charge in [-0.1, -0.05) is 13.0 Å². The minimum absolute atomic E-state index is 0.388. The molecule has 2 rings (SSSR count). The Labute approximate surface area is 78.5 Å². The molecule has 1 aliphatic rings. The molecule has 0 bridgehead atoms. The van der Waals surface area contributed by atoms with Gasteiger partial charge in [-0.05, 0) is 30.5 Å². The van der Waals surface area contributed by atoms with Crippen LogP contribution in [0.25, 0.3) is 0 Å². The quantitative estimate of drug-likeness (QED) is 0.657. The van der Waals surface area contributed by atoms with Crippen LogP contribution in [0.4, 0.5) is 0 Å². The lowest BCUT2D eigenvalue weighted by Crippen LogP contribution is -2.13. The van der Waals surface area contributed by atoms with Crippen molar-refractivity contribution in [2.45, 2.75) is 26.9 Å². The number of fused-ring (bicyclic) bond motifs is 1. The summed E-state index contributed by atoms with van der Waals surface area (Å²) in [6.45, 7) is 5.33. The van der Waals surface area contributed by atoms with Gasteiger partial charge in [-0.15, -0.1) is 0 Å². The molecule has 0 saturated carbocycles. The van der Waals surface area contributed by atoms with E-state index in [1.165, 1.54) is 16.7 Å². The first-order valence-electron chi connectivity index (χ1n) is 4.64.